The minimum absolute atomic E-state index is 0. The van der Waals surface area contributed by atoms with Gasteiger partial charge in [-0.3, -0.25) is 5.32 Å². The Labute approximate surface area is 224 Å². The molecule has 0 saturated heterocycles. The Balaban J connectivity index is 0.00000408. The Morgan fingerprint density at radius 2 is 1.71 bits per heavy atom. The maximum absolute atomic E-state index is 12.8. The fraction of sp³-hybridized carbons (Fsp3) is 0.174. The van der Waals surface area contributed by atoms with E-state index in [0.29, 0.717) is 22.9 Å². The topological polar surface area (TPSA) is 133 Å². The van der Waals surface area contributed by atoms with Gasteiger partial charge in [-0.1, -0.05) is 23.7 Å². The molecule has 176 valence electrons. The second kappa shape index (κ2) is 11.5. The van der Waals surface area contributed by atoms with Crippen molar-refractivity contribution in [2.45, 2.75) is 22.4 Å². The van der Waals surface area contributed by atoms with E-state index in [1.165, 1.54) is 24.3 Å². The van der Waals surface area contributed by atoms with Crippen LogP contribution in [-0.4, -0.2) is 72.4 Å². The molecule has 0 saturated carbocycles. The van der Waals surface area contributed by atoms with Gasteiger partial charge in [-0.15, -0.1) is 0 Å². The summed E-state index contributed by atoms with van der Waals surface area (Å²) in [5.41, 5.74) is -1.22. The Kier molecular flexibility index (Phi) is 9.55. The van der Waals surface area contributed by atoms with E-state index in [1.54, 1.807) is 31.2 Å². The number of halogens is 1. The van der Waals surface area contributed by atoms with E-state index in [1.807, 2.05) is 0 Å². The summed E-state index contributed by atoms with van der Waals surface area (Å²) in [6.07, 6.45) is 0. The molecule has 0 fully saturated rings. The van der Waals surface area contributed by atoms with Gasteiger partial charge in [-0.05, 0) is 67.1 Å². The third kappa shape index (κ3) is 6.73. The number of carboxylic acid groups (broad SMARTS) is 1. The fourth-order valence-electron chi connectivity index (χ4n) is 3.06. The molecule has 0 heterocycles. The first-order valence-electron chi connectivity index (χ1n) is 9.78. The van der Waals surface area contributed by atoms with Gasteiger partial charge in [0.15, 0.2) is 0 Å². The van der Waals surface area contributed by atoms with Crippen molar-refractivity contribution < 1.29 is 33.3 Å². The average Bonchev–Trinajstić information content (AvgIpc) is 2.77. The molecule has 0 aromatic heterocycles. The van der Waals surface area contributed by atoms with E-state index in [9.17, 15) is 23.4 Å². The average molecular weight is 516 g/mol. The normalized spacial score (nSPS) is 12.9. The molecule has 0 aliphatic heterocycles. The van der Waals surface area contributed by atoms with Gasteiger partial charge < -0.3 is 20.1 Å². The van der Waals surface area contributed by atoms with Crippen molar-refractivity contribution in [3.63, 3.8) is 0 Å². The summed E-state index contributed by atoms with van der Waals surface area (Å²) in [5.74, 6) is -1.54. The molecule has 0 radical (unpaired) electrons. The number of carboxylic acids is 1. The van der Waals surface area contributed by atoms with Crippen molar-refractivity contribution in [3.8, 4) is 11.5 Å². The molecule has 1 atom stereocenters. The number of nitrogens with one attached hydrogen (secondary N) is 1. The molecule has 11 heteroatoms. The van der Waals surface area contributed by atoms with Crippen molar-refractivity contribution in [2.24, 2.45) is 0 Å². The van der Waals surface area contributed by atoms with Crippen molar-refractivity contribution in [2.75, 3.05) is 13.2 Å². The van der Waals surface area contributed by atoms with Gasteiger partial charge in [0, 0.05) is 11.6 Å². The van der Waals surface area contributed by atoms with Crippen molar-refractivity contribution >= 4 is 57.0 Å². The summed E-state index contributed by atoms with van der Waals surface area (Å²) >= 11 is 5.96. The van der Waals surface area contributed by atoms with E-state index in [2.05, 4.69) is 5.32 Å². The van der Waals surface area contributed by atoms with Crippen LogP contribution in [0.15, 0.2) is 76.5 Å². The molecule has 3 rings (SSSR count). The monoisotopic (exact) mass is 515 g/mol. The number of rotatable bonds is 9. The molecule has 4 N–H and O–H groups in total. The Bertz CT molecular complexity index is 1260. The molecule has 0 amide bonds. The SMILES string of the molecule is C[C@@](O)(NCCOc1ccc(S(=O)(=O)c2ccc(O)c(C(=O)O)c2)cc1)c1cccc(Cl)c1.[NaH]. The summed E-state index contributed by atoms with van der Waals surface area (Å²) in [7, 11) is -3.99. The molecular formula is C23H23ClNNaO7S. The number of sulfone groups is 1. The van der Waals surface area contributed by atoms with Crippen LogP contribution in [0.5, 0.6) is 11.5 Å². The second-order valence-electron chi connectivity index (χ2n) is 7.32. The van der Waals surface area contributed by atoms with Gasteiger partial charge in [0.2, 0.25) is 9.84 Å². The maximum atomic E-state index is 12.8. The van der Waals surface area contributed by atoms with Gasteiger partial charge >= 0.3 is 35.5 Å². The second-order valence-corrected chi connectivity index (χ2v) is 9.70. The van der Waals surface area contributed by atoms with Crippen LogP contribution in [0.4, 0.5) is 0 Å². The molecule has 3 aromatic carbocycles. The molecule has 34 heavy (non-hydrogen) atoms. The molecule has 0 aliphatic carbocycles. The fourth-order valence-corrected chi connectivity index (χ4v) is 4.54. The van der Waals surface area contributed by atoms with Crippen LogP contribution < -0.4 is 10.1 Å². The molecule has 8 nitrogen and oxygen atoms in total. The standard InChI is InChI=1S/C23H22ClNO7S.Na.H/c1-23(29,15-3-2-4-16(24)13-15)25-11-12-32-17-5-7-18(8-6-17)33(30,31)19-9-10-21(26)20(14-19)22(27)28;;/h2-10,13-14,25-26,29H,11-12H2,1H3,(H,27,28);;/t23-;;/m0../s1. The molecular weight excluding hydrogens is 493 g/mol. The van der Waals surface area contributed by atoms with Crippen LogP contribution in [0.1, 0.15) is 22.8 Å². The third-order valence-corrected chi connectivity index (χ3v) is 6.87. The molecule has 3 aromatic rings. The van der Waals surface area contributed by atoms with Gasteiger partial charge in [-0.25, -0.2) is 13.2 Å². The van der Waals surface area contributed by atoms with Gasteiger partial charge in [0.1, 0.15) is 29.4 Å². The summed E-state index contributed by atoms with van der Waals surface area (Å²) in [6, 6.07) is 15.5. The zero-order valence-corrected chi connectivity index (χ0v) is 19.1. The number of ether oxygens (including phenoxy) is 1. The van der Waals surface area contributed by atoms with Gasteiger partial charge in [-0.2, -0.15) is 0 Å². The predicted octanol–water partition coefficient (Wildman–Crippen LogP) is 2.76. The minimum atomic E-state index is -3.99. The molecule has 0 spiro atoms. The Morgan fingerprint density at radius 1 is 1.06 bits per heavy atom. The quantitative estimate of drug-likeness (QED) is 0.194. The Morgan fingerprint density at radius 3 is 2.32 bits per heavy atom. The van der Waals surface area contributed by atoms with Gasteiger partial charge in [0.05, 0.1) is 9.79 Å². The number of aromatic hydroxyl groups is 1. The number of hydrogen-bond acceptors (Lipinski definition) is 7. The van der Waals surface area contributed by atoms with Crippen LogP contribution in [0.3, 0.4) is 0 Å². The summed E-state index contributed by atoms with van der Waals surface area (Å²) in [5, 5.41) is 32.7. The first-order valence-corrected chi connectivity index (χ1v) is 11.6. The molecule has 0 unspecified atom stereocenters. The molecule has 0 bridgehead atoms. The van der Waals surface area contributed by atoms with E-state index >= 15 is 0 Å². The van der Waals surface area contributed by atoms with Crippen LogP contribution in [0.2, 0.25) is 5.02 Å². The predicted molar refractivity (Wildman–Crippen MR) is 129 cm³/mol. The van der Waals surface area contributed by atoms with Crippen molar-refractivity contribution in [3.05, 3.63) is 82.9 Å². The van der Waals surface area contributed by atoms with Crippen molar-refractivity contribution in [1.29, 1.82) is 0 Å². The number of carbonyl (C=O) groups is 1. The van der Waals surface area contributed by atoms with Crippen LogP contribution in [0, 0.1) is 0 Å². The van der Waals surface area contributed by atoms with Gasteiger partial charge in [0.25, 0.3) is 0 Å². The third-order valence-electron chi connectivity index (χ3n) is 4.87. The number of aliphatic hydroxyl groups is 1. The zero-order chi connectivity index (χ0) is 24.2. The molecule has 0 aliphatic rings. The first kappa shape index (κ1) is 28.1. The zero-order valence-electron chi connectivity index (χ0n) is 17.5. The van der Waals surface area contributed by atoms with E-state index in [4.69, 9.17) is 21.4 Å². The van der Waals surface area contributed by atoms with E-state index < -0.39 is 32.8 Å². The summed E-state index contributed by atoms with van der Waals surface area (Å²) in [6.45, 7) is 2.09. The van der Waals surface area contributed by atoms with Crippen LogP contribution in [-0.2, 0) is 15.6 Å². The van der Waals surface area contributed by atoms with E-state index in [-0.39, 0.29) is 46.0 Å². The number of phenols is 1. The van der Waals surface area contributed by atoms with Crippen LogP contribution in [0.25, 0.3) is 0 Å². The van der Waals surface area contributed by atoms with E-state index in [0.717, 1.165) is 18.2 Å². The number of benzene rings is 3. The number of aromatic carboxylic acids is 1. The number of hydrogen-bond donors (Lipinski definition) is 4. The Hall–Kier alpha value is -2.11. The first-order chi connectivity index (χ1) is 15.5. The van der Waals surface area contributed by atoms with Crippen molar-refractivity contribution in [1.82, 2.24) is 5.32 Å². The summed E-state index contributed by atoms with van der Waals surface area (Å²) in [4.78, 5) is 10.9. The van der Waals surface area contributed by atoms with Crippen LogP contribution >= 0.6 is 11.6 Å². The summed E-state index contributed by atoms with van der Waals surface area (Å²) < 4.78 is 31.2.